The maximum absolute atomic E-state index is 12.6. The van der Waals surface area contributed by atoms with Crippen molar-refractivity contribution >= 4 is 17.2 Å². The van der Waals surface area contributed by atoms with Gasteiger partial charge in [0.15, 0.2) is 0 Å². The third-order valence-corrected chi connectivity index (χ3v) is 6.12. The van der Waals surface area contributed by atoms with Crippen molar-refractivity contribution < 1.29 is 9.90 Å². The zero-order valence-electron chi connectivity index (χ0n) is 14.9. The summed E-state index contributed by atoms with van der Waals surface area (Å²) in [4.78, 5) is 20.5. The fourth-order valence-corrected chi connectivity index (χ4v) is 4.49. The minimum atomic E-state index is -0.696. The minimum Gasteiger partial charge on any atom is -0.385 e. The molecule has 2 aromatic heterocycles. The molecule has 2 aromatic rings. The normalized spacial score (nSPS) is 19.0. The number of imidazole rings is 1. The van der Waals surface area contributed by atoms with Crippen LogP contribution in [0.4, 0.5) is 0 Å². The molecule has 2 heterocycles. The summed E-state index contributed by atoms with van der Waals surface area (Å²) in [6.45, 7) is 0. The van der Waals surface area contributed by atoms with E-state index in [1.54, 1.807) is 12.5 Å². The number of nitrogens with zero attached hydrogens (tertiary/aromatic N) is 1. The SMILES string of the molecule is N[C@@H](Cc1c[nH]cn1)C(=O)N[C@H](CC1CCCCC1)[C@H](O)c1cccs1. The highest BCUT2D eigenvalue weighted by Crippen LogP contribution is 2.32. The average molecular weight is 377 g/mol. The Hall–Kier alpha value is -1.70. The second-order valence-electron chi connectivity index (χ2n) is 7.19. The second kappa shape index (κ2) is 9.30. The maximum Gasteiger partial charge on any atom is 0.237 e. The average Bonchev–Trinajstić information content (AvgIpc) is 3.35. The van der Waals surface area contributed by atoms with Gasteiger partial charge in [-0.15, -0.1) is 11.3 Å². The van der Waals surface area contributed by atoms with Crippen molar-refractivity contribution in [3.63, 3.8) is 0 Å². The van der Waals surface area contributed by atoms with Crippen LogP contribution in [-0.4, -0.2) is 33.1 Å². The van der Waals surface area contributed by atoms with Gasteiger partial charge in [0, 0.05) is 17.5 Å². The fraction of sp³-hybridized carbons (Fsp3) is 0.579. The molecule has 142 valence electrons. The fourth-order valence-electron chi connectivity index (χ4n) is 3.72. The van der Waals surface area contributed by atoms with E-state index in [4.69, 9.17) is 5.73 Å². The molecule has 7 heteroatoms. The number of hydrogen-bond donors (Lipinski definition) is 4. The Morgan fingerprint density at radius 2 is 2.23 bits per heavy atom. The third-order valence-electron chi connectivity index (χ3n) is 5.18. The number of hydrogen-bond acceptors (Lipinski definition) is 5. The van der Waals surface area contributed by atoms with E-state index >= 15 is 0 Å². The van der Waals surface area contributed by atoms with E-state index in [-0.39, 0.29) is 11.9 Å². The first kappa shape index (κ1) is 19.1. The van der Waals surface area contributed by atoms with Crippen LogP contribution in [0.25, 0.3) is 0 Å². The van der Waals surface area contributed by atoms with Crippen molar-refractivity contribution in [1.82, 2.24) is 15.3 Å². The molecular weight excluding hydrogens is 348 g/mol. The number of carbonyl (C=O) groups excluding carboxylic acids is 1. The first-order chi connectivity index (χ1) is 12.6. The van der Waals surface area contributed by atoms with Crippen LogP contribution in [0.3, 0.4) is 0 Å². The number of aliphatic hydroxyl groups excluding tert-OH is 1. The lowest BCUT2D eigenvalue weighted by molar-refractivity contribution is -0.124. The van der Waals surface area contributed by atoms with Crippen molar-refractivity contribution in [3.05, 3.63) is 40.6 Å². The lowest BCUT2D eigenvalue weighted by atomic mass is 9.83. The van der Waals surface area contributed by atoms with Gasteiger partial charge in [0.25, 0.3) is 0 Å². The summed E-state index contributed by atoms with van der Waals surface area (Å²) in [6, 6.07) is 2.85. The van der Waals surface area contributed by atoms with E-state index in [9.17, 15) is 9.90 Å². The number of nitrogens with one attached hydrogen (secondary N) is 2. The molecular formula is C19H28N4O2S. The Kier molecular flexibility index (Phi) is 6.82. The van der Waals surface area contributed by atoms with E-state index in [0.29, 0.717) is 12.3 Å². The van der Waals surface area contributed by atoms with E-state index in [1.807, 2.05) is 17.5 Å². The maximum atomic E-state index is 12.6. The van der Waals surface area contributed by atoms with Gasteiger partial charge in [0.05, 0.1) is 24.1 Å². The monoisotopic (exact) mass is 376 g/mol. The van der Waals surface area contributed by atoms with Gasteiger partial charge < -0.3 is 21.1 Å². The highest BCUT2D eigenvalue weighted by molar-refractivity contribution is 7.10. The summed E-state index contributed by atoms with van der Waals surface area (Å²) >= 11 is 1.51. The quantitative estimate of drug-likeness (QED) is 0.568. The Balaban J connectivity index is 1.64. The van der Waals surface area contributed by atoms with E-state index in [2.05, 4.69) is 15.3 Å². The van der Waals surface area contributed by atoms with Crippen LogP contribution >= 0.6 is 11.3 Å². The summed E-state index contributed by atoms with van der Waals surface area (Å²) in [5.74, 6) is 0.315. The summed E-state index contributed by atoms with van der Waals surface area (Å²) in [5, 5.41) is 15.8. The summed E-state index contributed by atoms with van der Waals surface area (Å²) in [7, 11) is 0. The van der Waals surface area contributed by atoms with Crippen molar-refractivity contribution in [2.24, 2.45) is 11.7 Å². The Bertz CT molecular complexity index is 653. The molecule has 0 aliphatic heterocycles. The first-order valence-electron chi connectivity index (χ1n) is 9.38. The van der Waals surface area contributed by atoms with E-state index < -0.39 is 12.1 Å². The molecule has 0 bridgehead atoms. The van der Waals surface area contributed by atoms with Crippen LogP contribution in [0, 0.1) is 5.92 Å². The summed E-state index contributed by atoms with van der Waals surface area (Å²) in [5.41, 5.74) is 6.82. The molecule has 3 atom stereocenters. The van der Waals surface area contributed by atoms with Gasteiger partial charge in [-0.3, -0.25) is 4.79 Å². The number of nitrogens with two attached hydrogens (primary N) is 1. The number of aromatic nitrogens is 2. The van der Waals surface area contributed by atoms with E-state index in [0.717, 1.165) is 17.0 Å². The molecule has 0 aromatic carbocycles. The molecule has 5 N–H and O–H groups in total. The predicted molar refractivity (Wildman–Crippen MR) is 103 cm³/mol. The number of rotatable bonds is 8. The number of carbonyl (C=O) groups is 1. The van der Waals surface area contributed by atoms with Gasteiger partial charge in [-0.2, -0.15) is 0 Å². The predicted octanol–water partition coefficient (Wildman–Crippen LogP) is 2.53. The molecule has 1 saturated carbocycles. The van der Waals surface area contributed by atoms with Crippen LogP contribution < -0.4 is 11.1 Å². The summed E-state index contributed by atoms with van der Waals surface area (Å²) < 4.78 is 0. The van der Waals surface area contributed by atoms with Gasteiger partial charge in [-0.25, -0.2) is 4.98 Å². The molecule has 1 fully saturated rings. The number of thiophene rings is 1. The van der Waals surface area contributed by atoms with Crippen molar-refractivity contribution in [2.45, 2.75) is 63.1 Å². The van der Waals surface area contributed by atoms with Crippen molar-refractivity contribution in [1.29, 1.82) is 0 Å². The van der Waals surface area contributed by atoms with Crippen LogP contribution in [0.15, 0.2) is 30.0 Å². The standard InChI is InChI=1S/C19H28N4O2S/c20-15(10-14-11-21-12-22-14)19(25)23-16(9-13-5-2-1-3-6-13)18(24)17-7-4-8-26-17/h4,7-8,11-13,15-16,18,24H,1-3,5-6,9-10,20H2,(H,21,22)(H,23,25)/t15-,16+,18-/m0/s1. The highest BCUT2D eigenvalue weighted by Gasteiger charge is 2.29. The molecule has 26 heavy (non-hydrogen) atoms. The second-order valence-corrected chi connectivity index (χ2v) is 8.17. The smallest absolute Gasteiger partial charge is 0.237 e. The first-order valence-corrected chi connectivity index (χ1v) is 10.3. The molecule has 0 unspecified atom stereocenters. The van der Waals surface area contributed by atoms with Crippen molar-refractivity contribution in [3.8, 4) is 0 Å². The van der Waals surface area contributed by atoms with Gasteiger partial charge in [-0.05, 0) is 23.8 Å². The zero-order chi connectivity index (χ0) is 18.4. The molecule has 1 aliphatic rings. The Morgan fingerprint density at radius 3 is 2.88 bits per heavy atom. The molecule has 1 aliphatic carbocycles. The van der Waals surface area contributed by atoms with Gasteiger partial charge in [0.1, 0.15) is 6.10 Å². The van der Waals surface area contributed by atoms with Crippen LogP contribution in [-0.2, 0) is 11.2 Å². The third kappa shape index (κ3) is 5.16. The molecule has 0 radical (unpaired) electrons. The van der Waals surface area contributed by atoms with Crippen molar-refractivity contribution in [2.75, 3.05) is 0 Å². The number of amides is 1. The van der Waals surface area contributed by atoms with Gasteiger partial charge >= 0.3 is 0 Å². The van der Waals surface area contributed by atoms with E-state index in [1.165, 1.54) is 43.4 Å². The molecule has 1 amide bonds. The van der Waals surface area contributed by atoms with Gasteiger partial charge in [0.2, 0.25) is 5.91 Å². The van der Waals surface area contributed by atoms with Crippen LogP contribution in [0.1, 0.15) is 55.2 Å². The molecule has 6 nitrogen and oxygen atoms in total. The number of H-pyrrole nitrogens is 1. The molecule has 0 spiro atoms. The Labute approximate surface area is 158 Å². The zero-order valence-corrected chi connectivity index (χ0v) is 15.8. The molecule has 3 rings (SSSR count). The lowest BCUT2D eigenvalue weighted by Gasteiger charge is -2.30. The van der Waals surface area contributed by atoms with Crippen LogP contribution in [0.5, 0.6) is 0 Å². The van der Waals surface area contributed by atoms with Crippen LogP contribution in [0.2, 0.25) is 0 Å². The largest absolute Gasteiger partial charge is 0.385 e. The number of aromatic amines is 1. The summed E-state index contributed by atoms with van der Waals surface area (Å²) in [6.07, 6.45) is 9.89. The molecule has 0 saturated heterocycles. The topological polar surface area (TPSA) is 104 Å². The number of aliphatic hydroxyl groups is 1. The lowest BCUT2D eigenvalue weighted by Crippen LogP contribution is -2.49. The highest BCUT2D eigenvalue weighted by atomic mass is 32.1. The minimum absolute atomic E-state index is 0.232. The van der Waals surface area contributed by atoms with Gasteiger partial charge in [-0.1, -0.05) is 38.2 Å². The Morgan fingerprint density at radius 1 is 1.42 bits per heavy atom.